The van der Waals surface area contributed by atoms with Crippen LogP contribution in [-0.2, 0) is 6.54 Å². The van der Waals surface area contributed by atoms with E-state index in [2.05, 4.69) is 41.3 Å². The molecule has 0 fully saturated rings. The summed E-state index contributed by atoms with van der Waals surface area (Å²) in [7, 11) is 0. The molecule has 96 valence electrons. The molecule has 2 aromatic heterocycles. The van der Waals surface area contributed by atoms with Crippen LogP contribution in [0, 0.1) is 5.92 Å². The first-order valence-corrected chi connectivity index (χ1v) is 6.47. The van der Waals surface area contributed by atoms with Gasteiger partial charge in [-0.05, 0) is 18.1 Å². The van der Waals surface area contributed by atoms with Crippen LogP contribution in [0.25, 0.3) is 22.2 Å². The van der Waals surface area contributed by atoms with Crippen LogP contribution in [0.4, 0.5) is 0 Å². The molecular formula is C15H16N4. The van der Waals surface area contributed by atoms with Crippen LogP contribution in [0.2, 0.25) is 0 Å². The van der Waals surface area contributed by atoms with Gasteiger partial charge in [-0.15, -0.1) is 5.10 Å². The fourth-order valence-electron chi connectivity index (χ4n) is 2.11. The lowest BCUT2D eigenvalue weighted by Gasteiger charge is -2.02. The largest absolute Gasteiger partial charge is 0.256 e. The normalized spacial score (nSPS) is 11.3. The molecule has 0 saturated carbocycles. The van der Waals surface area contributed by atoms with E-state index in [4.69, 9.17) is 0 Å². The Morgan fingerprint density at radius 2 is 2.05 bits per heavy atom. The Labute approximate surface area is 112 Å². The third-order valence-corrected chi connectivity index (χ3v) is 2.98. The van der Waals surface area contributed by atoms with E-state index in [0.717, 1.165) is 28.7 Å². The summed E-state index contributed by atoms with van der Waals surface area (Å²) >= 11 is 0. The second kappa shape index (κ2) is 4.80. The zero-order valence-electron chi connectivity index (χ0n) is 11.1. The van der Waals surface area contributed by atoms with Crippen molar-refractivity contribution in [2.24, 2.45) is 5.92 Å². The molecule has 0 saturated heterocycles. The van der Waals surface area contributed by atoms with Crippen LogP contribution in [0.15, 0.2) is 42.7 Å². The summed E-state index contributed by atoms with van der Waals surface area (Å²) in [6, 6.07) is 10.2. The Balaban J connectivity index is 1.97. The monoisotopic (exact) mass is 252 g/mol. The first-order chi connectivity index (χ1) is 9.22. The summed E-state index contributed by atoms with van der Waals surface area (Å²) in [5.41, 5.74) is 2.88. The van der Waals surface area contributed by atoms with Crippen molar-refractivity contribution in [2.75, 3.05) is 0 Å². The number of hydrogen-bond donors (Lipinski definition) is 0. The maximum Gasteiger partial charge on any atom is 0.114 e. The van der Waals surface area contributed by atoms with E-state index < -0.39 is 0 Å². The first kappa shape index (κ1) is 11.8. The van der Waals surface area contributed by atoms with Gasteiger partial charge in [0.15, 0.2) is 0 Å². The molecule has 0 radical (unpaired) electrons. The third-order valence-electron chi connectivity index (χ3n) is 2.98. The van der Waals surface area contributed by atoms with Gasteiger partial charge in [-0.25, -0.2) is 0 Å². The maximum absolute atomic E-state index is 4.45. The highest BCUT2D eigenvalue weighted by Gasteiger charge is 2.06. The lowest BCUT2D eigenvalue weighted by Crippen LogP contribution is -2.04. The van der Waals surface area contributed by atoms with Gasteiger partial charge in [0.25, 0.3) is 0 Å². The lowest BCUT2D eigenvalue weighted by molar-refractivity contribution is 0.472. The number of nitrogens with zero attached hydrogens (tertiary/aromatic N) is 4. The van der Waals surface area contributed by atoms with Crippen molar-refractivity contribution >= 4 is 10.9 Å². The summed E-state index contributed by atoms with van der Waals surface area (Å²) < 4.78 is 1.88. The van der Waals surface area contributed by atoms with Crippen molar-refractivity contribution in [3.63, 3.8) is 0 Å². The zero-order valence-corrected chi connectivity index (χ0v) is 11.1. The van der Waals surface area contributed by atoms with Crippen molar-refractivity contribution in [1.82, 2.24) is 20.0 Å². The number of pyridine rings is 1. The van der Waals surface area contributed by atoms with Gasteiger partial charge in [0, 0.05) is 23.7 Å². The first-order valence-electron chi connectivity index (χ1n) is 6.47. The van der Waals surface area contributed by atoms with Gasteiger partial charge in [0.2, 0.25) is 0 Å². The van der Waals surface area contributed by atoms with Crippen molar-refractivity contribution in [3.05, 3.63) is 42.7 Å². The molecule has 0 aliphatic carbocycles. The highest BCUT2D eigenvalue weighted by molar-refractivity contribution is 5.82. The number of fused-ring (bicyclic) bond motifs is 1. The number of benzene rings is 1. The van der Waals surface area contributed by atoms with Crippen LogP contribution in [0.5, 0.6) is 0 Å². The highest BCUT2D eigenvalue weighted by Crippen LogP contribution is 2.20. The van der Waals surface area contributed by atoms with E-state index in [0.29, 0.717) is 5.92 Å². The van der Waals surface area contributed by atoms with Crippen LogP contribution < -0.4 is 0 Å². The maximum atomic E-state index is 4.45. The number of rotatable bonds is 3. The molecule has 1 aromatic carbocycles. The van der Waals surface area contributed by atoms with E-state index in [9.17, 15) is 0 Å². The molecular weight excluding hydrogens is 236 g/mol. The summed E-state index contributed by atoms with van der Waals surface area (Å²) in [5, 5.41) is 9.49. The SMILES string of the molecule is CC(C)Cn1cc(-c2cnc3ccccc3c2)nn1. The van der Waals surface area contributed by atoms with E-state index >= 15 is 0 Å². The van der Waals surface area contributed by atoms with Gasteiger partial charge in [-0.1, -0.05) is 37.3 Å². The highest BCUT2D eigenvalue weighted by atomic mass is 15.4. The topological polar surface area (TPSA) is 43.6 Å². The fraction of sp³-hybridized carbons (Fsp3) is 0.267. The van der Waals surface area contributed by atoms with Crippen molar-refractivity contribution in [2.45, 2.75) is 20.4 Å². The molecule has 4 nitrogen and oxygen atoms in total. The molecule has 0 unspecified atom stereocenters. The summed E-state index contributed by atoms with van der Waals surface area (Å²) in [6.07, 6.45) is 3.83. The zero-order chi connectivity index (χ0) is 13.2. The van der Waals surface area contributed by atoms with Crippen molar-refractivity contribution in [1.29, 1.82) is 0 Å². The Kier molecular flexibility index (Phi) is 2.99. The van der Waals surface area contributed by atoms with E-state index in [1.807, 2.05) is 35.3 Å². The van der Waals surface area contributed by atoms with E-state index in [1.165, 1.54) is 0 Å². The van der Waals surface area contributed by atoms with Gasteiger partial charge in [-0.2, -0.15) is 0 Å². The minimum atomic E-state index is 0.560. The molecule has 0 aliphatic heterocycles. The number of hydrogen-bond acceptors (Lipinski definition) is 3. The van der Waals surface area contributed by atoms with Crippen molar-refractivity contribution in [3.8, 4) is 11.3 Å². The number of para-hydroxylation sites is 1. The summed E-state index contributed by atoms with van der Waals surface area (Å²) in [5.74, 6) is 0.560. The van der Waals surface area contributed by atoms with Gasteiger partial charge in [0.1, 0.15) is 5.69 Å². The Morgan fingerprint density at radius 3 is 2.89 bits per heavy atom. The Hall–Kier alpha value is -2.23. The molecule has 0 amide bonds. The quantitative estimate of drug-likeness (QED) is 0.719. The van der Waals surface area contributed by atoms with Gasteiger partial charge in [0.05, 0.1) is 11.7 Å². The molecule has 0 N–H and O–H groups in total. The second-order valence-corrected chi connectivity index (χ2v) is 5.14. The average molecular weight is 252 g/mol. The van der Waals surface area contributed by atoms with Gasteiger partial charge < -0.3 is 0 Å². The molecule has 0 aliphatic rings. The molecule has 4 heteroatoms. The standard InChI is InChI=1S/C15H16N4/c1-11(2)9-19-10-15(17-18-19)13-7-12-5-3-4-6-14(12)16-8-13/h3-8,10-11H,9H2,1-2H3. The minimum absolute atomic E-state index is 0.560. The third kappa shape index (κ3) is 2.47. The smallest absolute Gasteiger partial charge is 0.114 e. The van der Waals surface area contributed by atoms with Crippen LogP contribution in [0.1, 0.15) is 13.8 Å². The predicted octanol–water partition coefficient (Wildman–Crippen LogP) is 3.15. The minimum Gasteiger partial charge on any atom is -0.256 e. The second-order valence-electron chi connectivity index (χ2n) is 5.14. The van der Waals surface area contributed by atoms with E-state index in [-0.39, 0.29) is 0 Å². The Morgan fingerprint density at radius 1 is 1.21 bits per heavy atom. The van der Waals surface area contributed by atoms with E-state index in [1.54, 1.807) is 0 Å². The Bertz CT molecular complexity index is 700. The van der Waals surface area contributed by atoms with Gasteiger partial charge in [-0.3, -0.25) is 9.67 Å². The lowest BCUT2D eigenvalue weighted by atomic mass is 10.1. The van der Waals surface area contributed by atoms with Crippen molar-refractivity contribution < 1.29 is 0 Å². The van der Waals surface area contributed by atoms with Crippen LogP contribution >= 0.6 is 0 Å². The molecule has 3 aromatic rings. The summed E-state index contributed by atoms with van der Waals surface area (Å²) in [4.78, 5) is 4.45. The molecule has 0 bridgehead atoms. The van der Waals surface area contributed by atoms with Crippen LogP contribution in [0.3, 0.4) is 0 Å². The number of aromatic nitrogens is 4. The fourth-order valence-corrected chi connectivity index (χ4v) is 2.11. The predicted molar refractivity (Wildman–Crippen MR) is 75.6 cm³/mol. The molecule has 19 heavy (non-hydrogen) atoms. The van der Waals surface area contributed by atoms with Crippen LogP contribution in [-0.4, -0.2) is 20.0 Å². The van der Waals surface area contributed by atoms with Gasteiger partial charge >= 0.3 is 0 Å². The molecule has 0 spiro atoms. The molecule has 3 rings (SSSR count). The average Bonchev–Trinajstić information content (AvgIpc) is 2.86. The molecule has 2 heterocycles. The molecule has 0 atom stereocenters. The summed E-state index contributed by atoms with van der Waals surface area (Å²) in [6.45, 7) is 5.21.